The fourth-order valence-electron chi connectivity index (χ4n) is 4.92. The lowest BCUT2D eigenvalue weighted by molar-refractivity contribution is 0.0728. The number of hydrogen-bond acceptors (Lipinski definition) is 5. The average Bonchev–Trinajstić information content (AvgIpc) is 3.43. The first-order valence-corrected chi connectivity index (χ1v) is 13.6. The van der Waals surface area contributed by atoms with Crippen molar-refractivity contribution in [3.8, 4) is 22.6 Å². The third-order valence-electron chi connectivity index (χ3n) is 6.85. The van der Waals surface area contributed by atoms with E-state index >= 15 is 0 Å². The molecule has 6 aromatic rings. The molecule has 1 amide bonds. The number of hydrogen-bond donors (Lipinski definition) is 2. The van der Waals surface area contributed by atoms with Crippen molar-refractivity contribution in [2.75, 3.05) is 6.61 Å². The average molecular weight is 554 g/mol. The van der Waals surface area contributed by atoms with E-state index in [4.69, 9.17) is 9.47 Å². The minimum Gasteiger partial charge on any atom is -0.490 e. The highest BCUT2D eigenvalue weighted by molar-refractivity contribution is 6.16. The maximum Gasteiger partial charge on any atom is 0.343 e. The number of esters is 1. The summed E-state index contributed by atoms with van der Waals surface area (Å²) in [5, 5.41) is 7.29. The summed E-state index contributed by atoms with van der Waals surface area (Å²) in [6, 6.07) is 35.8. The highest BCUT2D eigenvalue weighted by Gasteiger charge is 2.20. The highest BCUT2D eigenvalue weighted by Crippen LogP contribution is 2.36. The number of carbonyl (C=O) groups excluding carboxylic acids is 2. The molecule has 0 aliphatic carbocycles. The van der Waals surface area contributed by atoms with Crippen molar-refractivity contribution < 1.29 is 19.1 Å². The summed E-state index contributed by atoms with van der Waals surface area (Å²) in [7, 11) is 0. The van der Waals surface area contributed by atoms with Gasteiger partial charge in [-0.25, -0.2) is 10.2 Å². The summed E-state index contributed by atoms with van der Waals surface area (Å²) >= 11 is 0. The predicted octanol–water partition coefficient (Wildman–Crippen LogP) is 7.37. The number of nitrogens with one attached hydrogen (secondary N) is 2. The summed E-state index contributed by atoms with van der Waals surface area (Å²) in [5.41, 5.74) is 6.80. The second kappa shape index (κ2) is 11.8. The van der Waals surface area contributed by atoms with Crippen molar-refractivity contribution in [1.82, 2.24) is 10.4 Å². The number of aromatic nitrogens is 1. The number of rotatable bonds is 8. The molecule has 0 fully saturated rings. The molecular weight excluding hydrogens is 526 g/mol. The molecule has 0 spiro atoms. The van der Waals surface area contributed by atoms with Gasteiger partial charge in [-0.15, -0.1) is 0 Å². The Labute approximate surface area is 242 Å². The Morgan fingerprint density at radius 3 is 2.33 bits per heavy atom. The van der Waals surface area contributed by atoms with Gasteiger partial charge in [0.1, 0.15) is 5.69 Å². The maximum atomic E-state index is 13.5. The summed E-state index contributed by atoms with van der Waals surface area (Å²) < 4.78 is 11.3. The number of nitrogens with zero attached hydrogens (tertiary/aromatic N) is 1. The maximum absolute atomic E-state index is 13.5. The Balaban J connectivity index is 1.27. The van der Waals surface area contributed by atoms with Gasteiger partial charge in [0.15, 0.2) is 11.5 Å². The molecule has 0 unspecified atom stereocenters. The van der Waals surface area contributed by atoms with Crippen LogP contribution in [0.5, 0.6) is 11.5 Å². The summed E-state index contributed by atoms with van der Waals surface area (Å²) in [4.78, 5) is 29.4. The van der Waals surface area contributed by atoms with Crippen LogP contribution in [0, 0.1) is 0 Å². The van der Waals surface area contributed by atoms with Crippen molar-refractivity contribution in [1.29, 1.82) is 0 Å². The molecule has 0 radical (unpaired) electrons. The van der Waals surface area contributed by atoms with E-state index in [1.54, 1.807) is 42.5 Å². The van der Waals surface area contributed by atoms with Gasteiger partial charge in [-0.1, -0.05) is 84.9 Å². The lowest BCUT2D eigenvalue weighted by Gasteiger charge is -2.11. The van der Waals surface area contributed by atoms with Gasteiger partial charge in [0.2, 0.25) is 0 Å². The second-order valence-electron chi connectivity index (χ2n) is 9.54. The fraction of sp³-hybridized carbons (Fsp3) is 0.0571. The first kappa shape index (κ1) is 26.5. The van der Waals surface area contributed by atoms with Crippen LogP contribution in [0.25, 0.3) is 32.8 Å². The molecule has 0 bridgehead atoms. The van der Waals surface area contributed by atoms with Crippen LogP contribution >= 0.6 is 0 Å². The third-order valence-corrected chi connectivity index (χ3v) is 6.85. The molecule has 7 nitrogen and oxygen atoms in total. The molecule has 206 valence electrons. The number of carbonyl (C=O) groups is 2. The number of fused-ring (bicyclic) bond motifs is 3. The molecule has 0 saturated heterocycles. The Kier molecular flexibility index (Phi) is 7.46. The monoisotopic (exact) mass is 553 g/mol. The van der Waals surface area contributed by atoms with Crippen LogP contribution in [-0.4, -0.2) is 29.7 Å². The number of ether oxygens (including phenoxy) is 2. The first-order valence-electron chi connectivity index (χ1n) is 13.6. The van der Waals surface area contributed by atoms with E-state index in [-0.39, 0.29) is 5.91 Å². The number of aromatic amines is 1. The number of hydrazone groups is 1. The van der Waals surface area contributed by atoms with Crippen LogP contribution in [0.1, 0.15) is 33.3 Å². The zero-order valence-corrected chi connectivity index (χ0v) is 22.8. The van der Waals surface area contributed by atoms with Crippen LogP contribution in [0.3, 0.4) is 0 Å². The van der Waals surface area contributed by atoms with Crippen molar-refractivity contribution >= 4 is 39.8 Å². The molecule has 1 heterocycles. The van der Waals surface area contributed by atoms with Crippen molar-refractivity contribution in [3.05, 3.63) is 132 Å². The number of benzene rings is 5. The Hall–Kier alpha value is -5.69. The van der Waals surface area contributed by atoms with E-state index in [2.05, 4.69) is 21.6 Å². The van der Waals surface area contributed by atoms with Gasteiger partial charge in [0.25, 0.3) is 5.91 Å². The van der Waals surface area contributed by atoms with Crippen LogP contribution in [0.15, 0.2) is 120 Å². The molecule has 0 aliphatic heterocycles. The Morgan fingerprint density at radius 1 is 0.810 bits per heavy atom. The van der Waals surface area contributed by atoms with Gasteiger partial charge in [-0.2, -0.15) is 5.10 Å². The van der Waals surface area contributed by atoms with E-state index in [0.717, 1.165) is 32.8 Å². The molecular formula is C35H27N3O4. The van der Waals surface area contributed by atoms with Crippen LogP contribution in [0.2, 0.25) is 0 Å². The number of amides is 1. The summed E-state index contributed by atoms with van der Waals surface area (Å²) in [6.07, 6.45) is 1.52. The standard InChI is InChI=1S/C35H27N3O4/c1-2-41-30-21-23(17-20-29(30)42-35(40)26-14-7-4-8-15-26)22-36-38-34(39)33-31(25-12-5-3-6-13-25)28-19-18-24-11-9-10-16-27(24)32(28)37-33/h3-22,37H,2H2,1H3,(H,38,39). The Bertz CT molecular complexity index is 1930. The summed E-state index contributed by atoms with van der Waals surface area (Å²) in [5.74, 6) is -0.162. The highest BCUT2D eigenvalue weighted by atomic mass is 16.6. The molecule has 0 atom stereocenters. The first-order chi connectivity index (χ1) is 20.6. The third kappa shape index (κ3) is 5.36. The van der Waals surface area contributed by atoms with E-state index in [1.807, 2.05) is 73.7 Å². The van der Waals surface area contributed by atoms with E-state index < -0.39 is 5.97 Å². The number of H-pyrrole nitrogens is 1. The van der Waals surface area contributed by atoms with Gasteiger partial charge in [0.05, 0.1) is 23.9 Å². The molecule has 0 saturated carbocycles. The topological polar surface area (TPSA) is 92.8 Å². The van der Waals surface area contributed by atoms with Gasteiger partial charge in [-0.3, -0.25) is 4.79 Å². The molecule has 5 aromatic carbocycles. The van der Waals surface area contributed by atoms with Crippen LogP contribution < -0.4 is 14.9 Å². The lowest BCUT2D eigenvalue weighted by atomic mass is 9.99. The second-order valence-corrected chi connectivity index (χ2v) is 9.54. The fourth-order valence-corrected chi connectivity index (χ4v) is 4.92. The molecule has 6 rings (SSSR count). The van der Waals surface area contributed by atoms with E-state index in [9.17, 15) is 9.59 Å². The molecule has 0 aliphatic rings. The van der Waals surface area contributed by atoms with Gasteiger partial charge >= 0.3 is 5.97 Å². The van der Waals surface area contributed by atoms with Gasteiger partial charge < -0.3 is 14.5 Å². The van der Waals surface area contributed by atoms with Gasteiger partial charge in [-0.05, 0) is 53.8 Å². The van der Waals surface area contributed by atoms with Gasteiger partial charge in [0, 0.05) is 16.3 Å². The minimum atomic E-state index is -0.481. The molecule has 1 aromatic heterocycles. The van der Waals surface area contributed by atoms with Crippen molar-refractivity contribution in [2.45, 2.75) is 6.92 Å². The minimum absolute atomic E-state index is 0.296. The Morgan fingerprint density at radius 2 is 1.55 bits per heavy atom. The smallest absolute Gasteiger partial charge is 0.343 e. The SMILES string of the molecule is CCOc1cc(C=NNC(=O)c2[nH]c3c(ccc4ccccc43)c2-c2ccccc2)ccc1OC(=O)c1ccccc1. The van der Waals surface area contributed by atoms with Crippen LogP contribution in [0.4, 0.5) is 0 Å². The van der Waals surface area contributed by atoms with E-state index in [1.165, 1.54) is 6.21 Å². The van der Waals surface area contributed by atoms with E-state index in [0.29, 0.717) is 34.9 Å². The largest absolute Gasteiger partial charge is 0.490 e. The molecule has 7 heteroatoms. The van der Waals surface area contributed by atoms with Crippen molar-refractivity contribution in [3.63, 3.8) is 0 Å². The zero-order chi connectivity index (χ0) is 28.9. The van der Waals surface area contributed by atoms with Crippen molar-refractivity contribution in [2.24, 2.45) is 5.10 Å². The molecule has 42 heavy (non-hydrogen) atoms. The predicted molar refractivity (Wildman–Crippen MR) is 165 cm³/mol. The van der Waals surface area contributed by atoms with Crippen LogP contribution in [-0.2, 0) is 0 Å². The zero-order valence-electron chi connectivity index (χ0n) is 22.8. The lowest BCUT2D eigenvalue weighted by Crippen LogP contribution is -2.18. The quantitative estimate of drug-likeness (QED) is 0.0891. The molecule has 2 N–H and O–H groups in total. The normalized spacial score (nSPS) is 11.2. The summed E-state index contributed by atoms with van der Waals surface area (Å²) in [6.45, 7) is 2.22.